The molecule has 4 heteroatoms. The van der Waals surface area contributed by atoms with E-state index in [0.717, 1.165) is 16.1 Å². The molecule has 0 saturated heterocycles. The molecule has 0 aliphatic heterocycles. The van der Waals surface area contributed by atoms with E-state index < -0.39 is 0 Å². The van der Waals surface area contributed by atoms with E-state index in [1.807, 2.05) is 39.0 Å². The molecule has 88 valence electrons. The Kier molecular flexibility index (Phi) is 4.68. The Morgan fingerprint density at radius 1 is 1.50 bits per heavy atom. The number of carbonyl (C=O) groups is 1. The summed E-state index contributed by atoms with van der Waals surface area (Å²) in [5.74, 6) is 0.450. The molecule has 3 N–H and O–H groups in total. The molecule has 1 aromatic rings. The number of nitrogens with two attached hydrogens (primary N) is 1. The van der Waals surface area contributed by atoms with Gasteiger partial charge >= 0.3 is 0 Å². The van der Waals surface area contributed by atoms with Gasteiger partial charge in [-0.2, -0.15) is 0 Å². The largest absolute Gasteiger partial charge is 0.398 e. The van der Waals surface area contributed by atoms with Crippen molar-refractivity contribution in [2.75, 3.05) is 11.5 Å². The first kappa shape index (κ1) is 12.9. The predicted molar refractivity (Wildman–Crippen MR) is 69.6 cm³/mol. The number of carbonyl (C=O) groups excluding carboxylic acids is 1. The predicted octanol–water partition coefficient (Wildman–Crippen LogP) is 2.19. The second-order valence-corrected chi connectivity index (χ2v) is 5.07. The van der Waals surface area contributed by atoms with Crippen molar-refractivity contribution in [3.63, 3.8) is 0 Å². The third-order valence-electron chi connectivity index (χ3n) is 1.97. The summed E-state index contributed by atoms with van der Waals surface area (Å²) in [5, 5.41) is 2.84. The molecule has 0 heterocycles. The van der Waals surface area contributed by atoms with Crippen LogP contribution in [0, 0.1) is 6.92 Å². The first-order valence-corrected chi connectivity index (χ1v) is 6.26. The normalized spacial score (nSPS) is 10.5. The molecule has 0 aromatic heterocycles. The summed E-state index contributed by atoms with van der Waals surface area (Å²) >= 11 is 1.47. The lowest BCUT2D eigenvalue weighted by Crippen LogP contribution is -2.31. The van der Waals surface area contributed by atoms with E-state index >= 15 is 0 Å². The van der Waals surface area contributed by atoms with Crippen LogP contribution in [0.2, 0.25) is 0 Å². The van der Waals surface area contributed by atoms with Crippen molar-refractivity contribution in [3.05, 3.63) is 23.8 Å². The molecule has 0 aliphatic rings. The minimum absolute atomic E-state index is 0.0416. The highest BCUT2D eigenvalue weighted by molar-refractivity contribution is 8.00. The van der Waals surface area contributed by atoms with E-state index in [9.17, 15) is 4.79 Å². The van der Waals surface area contributed by atoms with Crippen molar-refractivity contribution in [2.45, 2.75) is 31.7 Å². The van der Waals surface area contributed by atoms with E-state index in [-0.39, 0.29) is 11.9 Å². The zero-order chi connectivity index (χ0) is 12.1. The van der Waals surface area contributed by atoms with Crippen molar-refractivity contribution in [3.8, 4) is 0 Å². The molecule has 3 nitrogen and oxygen atoms in total. The van der Waals surface area contributed by atoms with Crippen LogP contribution in [0.5, 0.6) is 0 Å². The standard InChI is InChI=1S/C12H18N2OS/c1-8(2)14-12(15)7-16-11-5-4-9(3)6-10(11)13/h4-6,8H,7,13H2,1-3H3,(H,14,15). The van der Waals surface area contributed by atoms with Gasteiger partial charge in [0.25, 0.3) is 0 Å². The van der Waals surface area contributed by atoms with E-state index in [2.05, 4.69) is 5.32 Å². The van der Waals surface area contributed by atoms with Gasteiger partial charge in [-0.3, -0.25) is 4.79 Å². The first-order chi connectivity index (χ1) is 7.49. The fourth-order valence-electron chi connectivity index (χ4n) is 1.31. The fraction of sp³-hybridized carbons (Fsp3) is 0.417. The highest BCUT2D eigenvalue weighted by Gasteiger charge is 2.06. The summed E-state index contributed by atoms with van der Waals surface area (Å²) in [6.45, 7) is 5.89. The Bertz CT molecular complexity index is 377. The van der Waals surface area contributed by atoms with Gasteiger partial charge in [-0.05, 0) is 38.5 Å². The third-order valence-corrected chi connectivity index (χ3v) is 3.06. The van der Waals surface area contributed by atoms with Crippen molar-refractivity contribution in [1.29, 1.82) is 0 Å². The summed E-state index contributed by atoms with van der Waals surface area (Å²) in [4.78, 5) is 12.4. The van der Waals surface area contributed by atoms with Crippen LogP contribution in [0.1, 0.15) is 19.4 Å². The van der Waals surface area contributed by atoms with Gasteiger partial charge in [0.15, 0.2) is 0 Å². The number of amides is 1. The molecule has 0 spiro atoms. The second kappa shape index (κ2) is 5.80. The monoisotopic (exact) mass is 238 g/mol. The quantitative estimate of drug-likeness (QED) is 0.624. The summed E-state index contributed by atoms with van der Waals surface area (Å²) in [5.41, 5.74) is 7.73. The fourth-order valence-corrected chi connectivity index (χ4v) is 2.07. The topological polar surface area (TPSA) is 55.1 Å². The molecular weight excluding hydrogens is 220 g/mol. The average molecular weight is 238 g/mol. The molecule has 1 amide bonds. The van der Waals surface area contributed by atoms with Crippen LogP contribution in [0.15, 0.2) is 23.1 Å². The Morgan fingerprint density at radius 3 is 2.75 bits per heavy atom. The van der Waals surface area contributed by atoms with Crippen LogP contribution in [-0.2, 0) is 4.79 Å². The molecule has 0 fully saturated rings. The highest BCUT2D eigenvalue weighted by Crippen LogP contribution is 2.25. The Labute approximate surface area is 101 Å². The molecule has 0 unspecified atom stereocenters. The number of rotatable bonds is 4. The minimum atomic E-state index is 0.0416. The Balaban J connectivity index is 2.51. The molecule has 1 aromatic carbocycles. The maximum Gasteiger partial charge on any atom is 0.230 e. The smallest absolute Gasteiger partial charge is 0.230 e. The Morgan fingerprint density at radius 2 is 2.19 bits per heavy atom. The summed E-state index contributed by atoms with van der Waals surface area (Å²) in [7, 11) is 0. The van der Waals surface area contributed by atoms with Crippen LogP contribution in [0.25, 0.3) is 0 Å². The van der Waals surface area contributed by atoms with Gasteiger partial charge < -0.3 is 11.1 Å². The van der Waals surface area contributed by atoms with Crippen LogP contribution >= 0.6 is 11.8 Å². The van der Waals surface area contributed by atoms with Gasteiger partial charge in [0.1, 0.15) is 0 Å². The number of hydrogen-bond donors (Lipinski definition) is 2. The minimum Gasteiger partial charge on any atom is -0.398 e. The molecule has 1 rings (SSSR count). The van der Waals surface area contributed by atoms with Gasteiger partial charge in [0.05, 0.1) is 5.75 Å². The summed E-state index contributed by atoms with van der Waals surface area (Å²) < 4.78 is 0. The highest BCUT2D eigenvalue weighted by atomic mass is 32.2. The van der Waals surface area contributed by atoms with E-state index in [1.54, 1.807) is 0 Å². The van der Waals surface area contributed by atoms with Crippen molar-refractivity contribution in [2.24, 2.45) is 0 Å². The van der Waals surface area contributed by atoms with Crippen LogP contribution in [0.4, 0.5) is 5.69 Å². The molecule has 0 saturated carbocycles. The molecule has 0 radical (unpaired) electrons. The van der Waals surface area contributed by atoms with Gasteiger partial charge in [-0.25, -0.2) is 0 Å². The maximum atomic E-state index is 11.4. The van der Waals surface area contributed by atoms with Crippen molar-refractivity contribution < 1.29 is 4.79 Å². The van der Waals surface area contributed by atoms with E-state index in [4.69, 9.17) is 5.73 Å². The van der Waals surface area contributed by atoms with E-state index in [1.165, 1.54) is 11.8 Å². The van der Waals surface area contributed by atoms with Crippen LogP contribution < -0.4 is 11.1 Å². The maximum absolute atomic E-state index is 11.4. The zero-order valence-corrected chi connectivity index (χ0v) is 10.7. The van der Waals surface area contributed by atoms with Crippen molar-refractivity contribution >= 4 is 23.4 Å². The van der Waals surface area contributed by atoms with Crippen LogP contribution in [-0.4, -0.2) is 17.7 Å². The van der Waals surface area contributed by atoms with Gasteiger partial charge in [-0.1, -0.05) is 6.07 Å². The number of benzene rings is 1. The molecule has 0 bridgehead atoms. The number of nitrogen functional groups attached to an aromatic ring is 1. The average Bonchev–Trinajstić information content (AvgIpc) is 2.15. The summed E-state index contributed by atoms with van der Waals surface area (Å²) in [6, 6.07) is 6.06. The number of anilines is 1. The van der Waals surface area contributed by atoms with Crippen molar-refractivity contribution in [1.82, 2.24) is 5.32 Å². The van der Waals surface area contributed by atoms with Gasteiger partial charge in [0, 0.05) is 16.6 Å². The third kappa shape index (κ3) is 4.14. The molecular formula is C12H18N2OS. The van der Waals surface area contributed by atoms with E-state index in [0.29, 0.717) is 5.75 Å². The SMILES string of the molecule is Cc1ccc(SCC(=O)NC(C)C)c(N)c1. The zero-order valence-electron chi connectivity index (χ0n) is 9.91. The first-order valence-electron chi connectivity index (χ1n) is 5.27. The van der Waals surface area contributed by atoms with Crippen LogP contribution in [0.3, 0.4) is 0 Å². The molecule has 0 atom stereocenters. The lowest BCUT2D eigenvalue weighted by atomic mass is 10.2. The number of thioether (sulfide) groups is 1. The lowest BCUT2D eigenvalue weighted by molar-refractivity contribution is -0.119. The number of aryl methyl sites for hydroxylation is 1. The second-order valence-electron chi connectivity index (χ2n) is 4.05. The number of nitrogens with one attached hydrogen (secondary N) is 1. The molecule has 16 heavy (non-hydrogen) atoms. The Hall–Kier alpha value is -1.16. The molecule has 0 aliphatic carbocycles. The number of hydrogen-bond acceptors (Lipinski definition) is 3. The summed E-state index contributed by atoms with van der Waals surface area (Å²) in [6.07, 6.45) is 0. The lowest BCUT2D eigenvalue weighted by Gasteiger charge is -2.09. The van der Waals surface area contributed by atoms with Gasteiger partial charge in [0.2, 0.25) is 5.91 Å². The van der Waals surface area contributed by atoms with Gasteiger partial charge in [-0.15, -0.1) is 11.8 Å².